The highest BCUT2D eigenvalue weighted by atomic mass is 32.2. The second kappa shape index (κ2) is 10.7. The molecular weight excluding hydrogens is 464 g/mol. The van der Waals surface area contributed by atoms with E-state index < -0.39 is 22.0 Å². The second-order valence-corrected chi connectivity index (χ2v) is 11.5. The number of rotatable bonds is 7. The van der Waals surface area contributed by atoms with Gasteiger partial charge in [-0.05, 0) is 54.5 Å². The maximum atomic E-state index is 13.2. The number of nitrogens with zero attached hydrogens (tertiary/aromatic N) is 2. The highest BCUT2D eigenvalue weighted by Gasteiger charge is 2.47. The number of likely N-dealkylation sites (tertiary alicyclic amines) is 1. The van der Waals surface area contributed by atoms with Crippen molar-refractivity contribution in [3.63, 3.8) is 0 Å². The van der Waals surface area contributed by atoms with E-state index in [1.54, 1.807) is 29.2 Å². The number of benzene rings is 2. The summed E-state index contributed by atoms with van der Waals surface area (Å²) in [5.41, 5.74) is 1.51. The predicted octanol–water partition coefficient (Wildman–Crippen LogP) is 3.85. The molecule has 2 aromatic rings. The SMILES string of the molecule is CN(C)S(=O)(=O)c1cccc(COC(=O)C2CC3CCCCC3N2C(=O)C=Cc2ccccc2)c1. The van der Waals surface area contributed by atoms with Crippen LogP contribution in [0, 0.1) is 5.92 Å². The van der Waals surface area contributed by atoms with Crippen LogP contribution in [-0.4, -0.2) is 55.7 Å². The van der Waals surface area contributed by atoms with Crippen molar-refractivity contribution in [2.75, 3.05) is 14.1 Å². The van der Waals surface area contributed by atoms with Gasteiger partial charge < -0.3 is 9.64 Å². The monoisotopic (exact) mass is 496 g/mol. The van der Waals surface area contributed by atoms with E-state index in [2.05, 4.69) is 0 Å². The summed E-state index contributed by atoms with van der Waals surface area (Å²) >= 11 is 0. The third-order valence-electron chi connectivity index (χ3n) is 6.89. The molecule has 0 bridgehead atoms. The summed E-state index contributed by atoms with van der Waals surface area (Å²) in [6.07, 6.45) is 7.97. The highest BCUT2D eigenvalue weighted by molar-refractivity contribution is 7.89. The number of carbonyl (C=O) groups excluding carboxylic acids is 2. The molecule has 3 atom stereocenters. The Bertz CT molecular complexity index is 1190. The molecule has 2 fully saturated rings. The van der Waals surface area contributed by atoms with Crippen molar-refractivity contribution in [3.8, 4) is 0 Å². The van der Waals surface area contributed by atoms with Crippen LogP contribution in [0.2, 0.25) is 0 Å². The Morgan fingerprint density at radius 3 is 2.54 bits per heavy atom. The van der Waals surface area contributed by atoms with Crippen molar-refractivity contribution in [2.45, 2.75) is 55.7 Å². The molecular formula is C27H32N2O5S. The molecule has 1 saturated carbocycles. The third kappa shape index (κ3) is 5.65. The minimum absolute atomic E-state index is 0.0442. The Morgan fingerprint density at radius 1 is 1.06 bits per heavy atom. The maximum absolute atomic E-state index is 13.2. The van der Waals surface area contributed by atoms with Crippen LogP contribution in [-0.2, 0) is 31.0 Å². The van der Waals surface area contributed by atoms with E-state index in [-0.39, 0.29) is 23.5 Å². The van der Waals surface area contributed by atoms with Crippen molar-refractivity contribution in [3.05, 3.63) is 71.8 Å². The average molecular weight is 497 g/mol. The number of fused-ring (bicyclic) bond motifs is 1. The number of hydrogen-bond acceptors (Lipinski definition) is 5. The first kappa shape index (κ1) is 25.1. The summed E-state index contributed by atoms with van der Waals surface area (Å²) in [6, 6.07) is 15.4. The fraction of sp³-hybridized carbons (Fsp3) is 0.407. The number of sulfonamides is 1. The lowest BCUT2D eigenvalue weighted by atomic mass is 9.85. The van der Waals surface area contributed by atoms with Crippen molar-refractivity contribution < 1.29 is 22.7 Å². The molecule has 1 saturated heterocycles. The standard InChI is InChI=1S/C27H32N2O5S/c1-28(2)35(32,33)23-13-8-11-21(17-23)19-34-27(31)25-18-22-12-6-7-14-24(22)29(25)26(30)16-15-20-9-4-3-5-10-20/h3-5,8-11,13,15-17,22,24-25H,6-7,12,14,18-19H2,1-2H3. The molecule has 0 spiro atoms. The zero-order valence-electron chi connectivity index (χ0n) is 20.2. The number of esters is 1. The second-order valence-electron chi connectivity index (χ2n) is 9.40. The van der Waals surface area contributed by atoms with Gasteiger partial charge in [-0.1, -0.05) is 55.3 Å². The Labute approximate surface area is 207 Å². The molecule has 0 N–H and O–H groups in total. The van der Waals surface area contributed by atoms with Crippen molar-refractivity contribution in [1.29, 1.82) is 0 Å². The van der Waals surface area contributed by atoms with Gasteiger partial charge in [0.2, 0.25) is 15.9 Å². The first-order valence-corrected chi connectivity index (χ1v) is 13.4. The van der Waals surface area contributed by atoms with Crippen molar-refractivity contribution in [2.24, 2.45) is 5.92 Å². The van der Waals surface area contributed by atoms with E-state index in [9.17, 15) is 18.0 Å². The van der Waals surface area contributed by atoms with Gasteiger partial charge in [-0.2, -0.15) is 0 Å². The lowest BCUT2D eigenvalue weighted by molar-refractivity contribution is -0.154. The van der Waals surface area contributed by atoms with E-state index in [1.165, 1.54) is 26.2 Å². The van der Waals surface area contributed by atoms with Gasteiger partial charge in [-0.15, -0.1) is 0 Å². The van der Waals surface area contributed by atoms with Crippen molar-refractivity contribution in [1.82, 2.24) is 9.21 Å². The molecule has 0 radical (unpaired) electrons. The number of carbonyl (C=O) groups is 2. The van der Waals surface area contributed by atoms with E-state index in [1.807, 2.05) is 30.3 Å². The smallest absolute Gasteiger partial charge is 0.329 e. The molecule has 1 amide bonds. The summed E-state index contributed by atoms with van der Waals surface area (Å²) in [7, 11) is -0.642. The Morgan fingerprint density at radius 2 is 1.80 bits per heavy atom. The molecule has 8 heteroatoms. The molecule has 7 nitrogen and oxygen atoms in total. The number of ether oxygens (including phenoxy) is 1. The molecule has 0 aromatic heterocycles. The van der Waals surface area contributed by atoms with E-state index in [0.29, 0.717) is 17.9 Å². The Hall–Kier alpha value is -2.97. The fourth-order valence-electron chi connectivity index (χ4n) is 5.06. The van der Waals surface area contributed by atoms with Crippen LogP contribution >= 0.6 is 0 Å². The van der Waals surface area contributed by atoms with Crippen LogP contribution < -0.4 is 0 Å². The quantitative estimate of drug-likeness (QED) is 0.429. The minimum atomic E-state index is -3.58. The number of hydrogen-bond donors (Lipinski definition) is 0. The maximum Gasteiger partial charge on any atom is 0.329 e. The van der Waals surface area contributed by atoms with Gasteiger partial charge in [0.1, 0.15) is 12.6 Å². The summed E-state index contributed by atoms with van der Waals surface area (Å²) < 4.78 is 31.6. The van der Waals surface area contributed by atoms with Crippen LogP contribution in [0.4, 0.5) is 0 Å². The summed E-state index contributed by atoms with van der Waals surface area (Å²) in [5.74, 6) is -0.324. The fourth-order valence-corrected chi connectivity index (χ4v) is 6.03. The molecule has 2 aliphatic rings. The highest BCUT2D eigenvalue weighted by Crippen LogP contribution is 2.40. The lowest BCUT2D eigenvalue weighted by Crippen LogP contribution is -2.46. The van der Waals surface area contributed by atoms with Gasteiger partial charge in [0, 0.05) is 26.2 Å². The average Bonchev–Trinajstić information content (AvgIpc) is 3.26. The van der Waals surface area contributed by atoms with Crippen LogP contribution in [0.15, 0.2) is 65.6 Å². The van der Waals surface area contributed by atoms with Gasteiger partial charge in [0.25, 0.3) is 0 Å². The van der Waals surface area contributed by atoms with Gasteiger partial charge >= 0.3 is 5.97 Å². The van der Waals surface area contributed by atoms with Crippen LogP contribution in [0.25, 0.3) is 6.08 Å². The van der Waals surface area contributed by atoms with Gasteiger partial charge in [0.05, 0.1) is 4.90 Å². The third-order valence-corrected chi connectivity index (χ3v) is 8.70. The molecule has 1 aliphatic heterocycles. The molecule has 2 aromatic carbocycles. The Kier molecular flexibility index (Phi) is 7.72. The van der Waals surface area contributed by atoms with Gasteiger partial charge in [-0.25, -0.2) is 17.5 Å². The predicted molar refractivity (Wildman–Crippen MR) is 134 cm³/mol. The van der Waals surface area contributed by atoms with Crippen LogP contribution in [0.5, 0.6) is 0 Å². The van der Waals surface area contributed by atoms with Gasteiger partial charge in [-0.3, -0.25) is 4.79 Å². The normalized spacial score (nSPS) is 22.4. The first-order valence-electron chi connectivity index (χ1n) is 12.0. The first-order chi connectivity index (χ1) is 16.8. The minimum Gasteiger partial charge on any atom is -0.459 e. The molecule has 35 heavy (non-hydrogen) atoms. The molecule has 1 heterocycles. The van der Waals surface area contributed by atoms with E-state index in [4.69, 9.17) is 4.74 Å². The largest absolute Gasteiger partial charge is 0.459 e. The van der Waals surface area contributed by atoms with E-state index in [0.717, 1.165) is 35.6 Å². The zero-order chi connectivity index (χ0) is 25.0. The van der Waals surface area contributed by atoms with Crippen LogP contribution in [0.3, 0.4) is 0 Å². The summed E-state index contributed by atoms with van der Waals surface area (Å²) in [6.45, 7) is -0.0522. The van der Waals surface area contributed by atoms with Gasteiger partial charge in [0.15, 0.2) is 0 Å². The molecule has 1 aliphatic carbocycles. The van der Waals surface area contributed by atoms with E-state index >= 15 is 0 Å². The Balaban J connectivity index is 1.48. The molecule has 3 unspecified atom stereocenters. The molecule has 186 valence electrons. The molecule has 4 rings (SSSR count). The van der Waals surface area contributed by atoms with Crippen LogP contribution in [0.1, 0.15) is 43.2 Å². The number of amides is 1. The summed E-state index contributed by atoms with van der Waals surface area (Å²) in [5, 5.41) is 0. The summed E-state index contributed by atoms with van der Waals surface area (Å²) in [4.78, 5) is 28.3. The lowest BCUT2D eigenvalue weighted by Gasteiger charge is -2.32. The zero-order valence-corrected chi connectivity index (χ0v) is 21.0. The topological polar surface area (TPSA) is 84.0 Å². The van der Waals surface area contributed by atoms with Crippen molar-refractivity contribution >= 4 is 28.0 Å².